The zero-order valence-corrected chi connectivity index (χ0v) is 8.50. The topological polar surface area (TPSA) is 80.0 Å². The third-order valence-corrected chi connectivity index (χ3v) is 1.82. The van der Waals surface area contributed by atoms with Gasteiger partial charge in [-0.25, -0.2) is 0 Å². The number of aromatic nitrogens is 2. The Labute approximate surface area is 82.1 Å². The van der Waals surface area contributed by atoms with Gasteiger partial charge in [0, 0.05) is 6.92 Å². The van der Waals surface area contributed by atoms with Crippen LogP contribution in [0.2, 0.25) is 0 Å². The Morgan fingerprint density at radius 1 is 1.64 bits per heavy atom. The maximum Gasteiger partial charge on any atom is 0.237 e. The minimum atomic E-state index is -0.219. The summed E-state index contributed by atoms with van der Waals surface area (Å²) in [7, 11) is 1.72. The Balaban J connectivity index is 2.37. The number of carbonyl (C=O) groups is 1. The lowest BCUT2D eigenvalue weighted by atomic mass is 10.3. The van der Waals surface area contributed by atoms with Crippen molar-refractivity contribution in [2.24, 2.45) is 0 Å². The van der Waals surface area contributed by atoms with Crippen LogP contribution in [0.1, 0.15) is 18.6 Å². The molecule has 1 aromatic rings. The summed E-state index contributed by atoms with van der Waals surface area (Å²) in [5, 5.41) is 9.16. The van der Waals surface area contributed by atoms with E-state index in [4.69, 9.17) is 4.52 Å². The average molecular weight is 198 g/mol. The summed E-state index contributed by atoms with van der Waals surface area (Å²) in [6.45, 7) is 3.77. The van der Waals surface area contributed by atoms with Gasteiger partial charge in [-0.3, -0.25) is 4.79 Å². The molecule has 0 saturated heterocycles. The van der Waals surface area contributed by atoms with Gasteiger partial charge in [-0.05, 0) is 14.0 Å². The van der Waals surface area contributed by atoms with Crippen LogP contribution in [0.25, 0.3) is 0 Å². The van der Waals surface area contributed by atoms with Crippen molar-refractivity contribution in [2.75, 3.05) is 7.05 Å². The Bertz CT molecular complexity index is 310. The molecule has 1 rings (SSSR count). The Hall–Kier alpha value is -1.43. The predicted octanol–water partition coefficient (Wildman–Crippen LogP) is -0.398. The molecule has 0 spiro atoms. The summed E-state index contributed by atoms with van der Waals surface area (Å²) >= 11 is 0. The van der Waals surface area contributed by atoms with E-state index in [2.05, 4.69) is 20.8 Å². The van der Waals surface area contributed by atoms with E-state index < -0.39 is 0 Å². The van der Waals surface area contributed by atoms with Crippen LogP contribution in [0.4, 0.5) is 0 Å². The van der Waals surface area contributed by atoms with Crippen LogP contribution in [0.5, 0.6) is 0 Å². The van der Waals surface area contributed by atoms with Gasteiger partial charge in [0.1, 0.15) is 0 Å². The van der Waals surface area contributed by atoms with Crippen molar-refractivity contribution < 1.29 is 9.32 Å². The first-order valence-corrected chi connectivity index (χ1v) is 4.37. The fourth-order valence-corrected chi connectivity index (χ4v) is 0.863. The molecule has 0 aromatic carbocycles. The van der Waals surface area contributed by atoms with Gasteiger partial charge >= 0.3 is 0 Å². The first-order valence-electron chi connectivity index (χ1n) is 4.37. The third-order valence-electron chi connectivity index (χ3n) is 1.82. The molecule has 6 nitrogen and oxygen atoms in total. The lowest BCUT2D eigenvalue weighted by Gasteiger charge is -2.08. The first-order chi connectivity index (χ1) is 6.63. The van der Waals surface area contributed by atoms with Crippen LogP contribution in [0, 0.1) is 6.92 Å². The van der Waals surface area contributed by atoms with Crippen LogP contribution in [-0.4, -0.2) is 29.1 Å². The molecule has 1 atom stereocenters. The van der Waals surface area contributed by atoms with E-state index in [1.807, 2.05) is 0 Å². The summed E-state index contributed by atoms with van der Waals surface area (Å²) in [5.41, 5.74) is 0. The van der Waals surface area contributed by atoms with Crippen molar-refractivity contribution in [3.63, 3.8) is 0 Å². The fraction of sp³-hybridized carbons (Fsp3) is 0.625. The molecule has 1 unspecified atom stereocenters. The van der Waals surface area contributed by atoms with Gasteiger partial charge in [0.2, 0.25) is 11.8 Å². The molecule has 2 N–H and O–H groups in total. The highest BCUT2D eigenvalue weighted by atomic mass is 16.5. The molecular weight excluding hydrogens is 184 g/mol. The lowest BCUT2D eigenvalue weighted by molar-refractivity contribution is -0.122. The van der Waals surface area contributed by atoms with E-state index >= 15 is 0 Å². The second kappa shape index (κ2) is 4.71. The zero-order chi connectivity index (χ0) is 10.6. The van der Waals surface area contributed by atoms with E-state index in [0.717, 1.165) is 0 Å². The van der Waals surface area contributed by atoms with Crippen LogP contribution < -0.4 is 10.6 Å². The molecular formula is C8H14N4O2. The van der Waals surface area contributed by atoms with Gasteiger partial charge < -0.3 is 15.2 Å². The maximum absolute atomic E-state index is 11.3. The highest BCUT2D eigenvalue weighted by Crippen LogP contribution is 1.94. The molecule has 0 radical (unpaired) electrons. The van der Waals surface area contributed by atoms with Crippen molar-refractivity contribution in [2.45, 2.75) is 26.4 Å². The highest BCUT2D eigenvalue weighted by molar-refractivity contribution is 5.81. The van der Waals surface area contributed by atoms with Crippen LogP contribution in [-0.2, 0) is 11.3 Å². The van der Waals surface area contributed by atoms with Crippen LogP contribution in [0.3, 0.4) is 0 Å². The Morgan fingerprint density at radius 3 is 2.86 bits per heavy atom. The van der Waals surface area contributed by atoms with Crippen molar-refractivity contribution in [3.8, 4) is 0 Å². The largest absolute Gasteiger partial charge is 0.347 e. The van der Waals surface area contributed by atoms with Crippen LogP contribution >= 0.6 is 0 Å². The molecule has 0 aliphatic heterocycles. The van der Waals surface area contributed by atoms with Gasteiger partial charge in [0.15, 0.2) is 5.82 Å². The van der Waals surface area contributed by atoms with E-state index in [9.17, 15) is 4.79 Å². The van der Waals surface area contributed by atoms with Gasteiger partial charge in [-0.15, -0.1) is 0 Å². The van der Waals surface area contributed by atoms with Gasteiger partial charge in [0.05, 0.1) is 12.6 Å². The molecule has 0 aliphatic carbocycles. The second-order valence-corrected chi connectivity index (χ2v) is 2.96. The van der Waals surface area contributed by atoms with E-state index in [1.165, 1.54) is 0 Å². The standard InChI is InChI=1S/C8H14N4O2/c1-5(9-3)8(13)10-4-7-11-6(2)14-12-7/h5,9H,4H2,1-3H3,(H,10,13). The maximum atomic E-state index is 11.3. The Morgan fingerprint density at radius 2 is 2.36 bits per heavy atom. The van der Waals surface area contributed by atoms with Gasteiger partial charge in [0.25, 0.3) is 0 Å². The van der Waals surface area contributed by atoms with Gasteiger partial charge in [-0.1, -0.05) is 5.16 Å². The molecule has 1 amide bonds. The molecule has 6 heteroatoms. The fourth-order valence-electron chi connectivity index (χ4n) is 0.863. The lowest BCUT2D eigenvalue weighted by Crippen LogP contribution is -2.40. The summed E-state index contributed by atoms with van der Waals surface area (Å²) in [6.07, 6.45) is 0. The SMILES string of the molecule is CNC(C)C(=O)NCc1noc(C)n1. The van der Waals surface area contributed by atoms with Crippen LogP contribution in [0.15, 0.2) is 4.52 Å². The second-order valence-electron chi connectivity index (χ2n) is 2.96. The summed E-state index contributed by atoms with van der Waals surface area (Å²) in [6, 6.07) is -0.219. The monoisotopic (exact) mass is 198 g/mol. The molecule has 78 valence electrons. The smallest absolute Gasteiger partial charge is 0.237 e. The molecule has 14 heavy (non-hydrogen) atoms. The first kappa shape index (κ1) is 10.6. The number of hydrogen-bond donors (Lipinski definition) is 2. The summed E-state index contributed by atoms with van der Waals surface area (Å²) in [5.74, 6) is 0.894. The van der Waals surface area contributed by atoms with E-state index in [1.54, 1.807) is 20.9 Å². The van der Waals surface area contributed by atoms with Crippen molar-refractivity contribution in [1.82, 2.24) is 20.8 Å². The molecule has 0 saturated carbocycles. The Kier molecular flexibility index (Phi) is 3.58. The van der Waals surface area contributed by atoms with Gasteiger partial charge in [-0.2, -0.15) is 4.98 Å². The quantitative estimate of drug-likeness (QED) is 0.688. The van der Waals surface area contributed by atoms with Crippen molar-refractivity contribution in [1.29, 1.82) is 0 Å². The normalized spacial score (nSPS) is 12.5. The average Bonchev–Trinajstić information content (AvgIpc) is 2.59. The predicted molar refractivity (Wildman–Crippen MR) is 49.4 cm³/mol. The number of nitrogens with zero attached hydrogens (tertiary/aromatic N) is 2. The summed E-state index contributed by atoms with van der Waals surface area (Å²) in [4.78, 5) is 15.2. The number of likely N-dealkylation sites (N-methyl/N-ethyl adjacent to an activating group) is 1. The molecule has 0 fully saturated rings. The number of aryl methyl sites for hydroxylation is 1. The number of carbonyl (C=O) groups excluding carboxylic acids is 1. The molecule has 1 aromatic heterocycles. The zero-order valence-electron chi connectivity index (χ0n) is 8.50. The molecule has 1 heterocycles. The van der Waals surface area contributed by atoms with Crippen molar-refractivity contribution >= 4 is 5.91 Å². The number of hydrogen-bond acceptors (Lipinski definition) is 5. The van der Waals surface area contributed by atoms with Crippen molar-refractivity contribution in [3.05, 3.63) is 11.7 Å². The minimum absolute atomic E-state index is 0.0880. The summed E-state index contributed by atoms with van der Waals surface area (Å²) < 4.78 is 4.76. The molecule has 0 bridgehead atoms. The highest BCUT2D eigenvalue weighted by Gasteiger charge is 2.10. The molecule has 0 aliphatic rings. The number of amides is 1. The minimum Gasteiger partial charge on any atom is -0.347 e. The third kappa shape index (κ3) is 2.81. The number of rotatable bonds is 4. The van der Waals surface area contributed by atoms with E-state index in [0.29, 0.717) is 18.3 Å². The number of nitrogens with one attached hydrogen (secondary N) is 2. The van der Waals surface area contributed by atoms with E-state index in [-0.39, 0.29) is 11.9 Å².